The van der Waals surface area contributed by atoms with Crippen molar-refractivity contribution in [3.8, 4) is 0 Å². The maximum Gasteiger partial charge on any atom is 0.00899 e. The van der Waals surface area contributed by atoms with Crippen LogP contribution in [0.4, 0.5) is 0 Å². The average Bonchev–Trinajstić information content (AvgIpc) is 1.98. The zero-order valence-corrected chi connectivity index (χ0v) is 6.02. The summed E-state index contributed by atoms with van der Waals surface area (Å²) in [5.74, 6) is 0.917. The van der Waals surface area contributed by atoms with E-state index in [1.165, 1.54) is 13.0 Å². The molecule has 48 valence electrons. The van der Waals surface area contributed by atoms with Crippen molar-refractivity contribution in [2.24, 2.45) is 5.92 Å². The Morgan fingerprint density at radius 1 is 1.38 bits per heavy atom. The molecule has 0 aromatic heterocycles. The Balaban J connectivity index is 2.44. The van der Waals surface area contributed by atoms with Crippen LogP contribution < -0.4 is 0 Å². The van der Waals surface area contributed by atoms with Gasteiger partial charge in [0.05, 0.1) is 0 Å². The smallest absolute Gasteiger partial charge is 0.00899 e. The van der Waals surface area contributed by atoms with Crippen LogP contribution >= 0.6 is 0 Å². The molecule has 0 aliphatic carbocycles. The fraction of sp³-hybridized carbons (Fsp3) is 1.00. The Bertz CT molecular complexity index is 70.5. The van der Waals surface area contributed by atoms with Crippen molar-refractivity contribution in [2.45, 2.75) is 26.3 Å². The minimum Gasteiger partial charge on any atom is -0.303 e. The van der Waals surface area contributed by atoms with Crippen LogP contribution in [0, 0.1) is 5.92 Å². The van der Waals surface area contributed by atoms with Gasteiger partial charge in [0.2, 0.25) is 0 Å². The molecule has 0 aromatic rings. The second kappa shape index (κ2) is 2.06. The van der Waals surface area contributed by atoms with Crippen molar-refractivity contribution in [3.63, 3.8) is 0 Å². The van der Waals surface area contributed by atoms with Gasteiger partial charge < -0.3 is 4.90 Å². The molecule has 1 fully saturated rings. The fourth-order valence-corrected chi connectivity index (χ4v) is 1.29. The summed E-state index contributed by atoms with van der Waals surface area (Å²) in [6.07, 6.45) is 1.39. The Morgan fingerprint density at radius 2 is 2.00 bits per heavy atom. The van der Waals surface area contributed by atoms with Gasteiger partial charge in [0.25, 0.3) is 0 Å². The van der Waals surface area contributed by atoms with E-state index in [0.29, 0.717) is 0 Å². The van der Waals surface area contributed by atoms with E-state index in [-0.39, 0.29) is 0 Å². The van der Waals surface area contributed by atoms with Crippen molar-refractivity contribution in [1.29, 1.82) is 0 Å². The summed E-state index contributed by atoms with van der Waals surface area (Å²) in [7, 11) is 2.20. The zero-order chi connectivity index (χ0) is 6.15. The Morgan fingerprint density at radius 3 is 2.12 bits per heavy atom. The lowest BCUT2D eigenvalue weighted by Gasteiger charge is -2.16. The van der Waals surface area contributed by atoms with Crippen molar-refractivity contribution in [1.82, 2.24) is 4.90 Å². The third-order valence-electron chi connectivity index (χ3n) is 2.46. The summed E-state index contributed by atoms with van der Waals surface area (Å²) in [6.45, 7) is 5.92. The largest absolute Gasteiger partial charge is 0.303 e. The third kappa shape index (κ3) is 0.873. The molecule has 1 aliphatic rings. The van der Waals surface area contributed by atoms with Crippen LogP contribution in [-0.2, 0) is 0 Å². The van der Waals surface area contributed by atoms with E-state index in [1.807, 2.05) is 0 Å². The summed E-state index contributed by atoms with van der Waals surface area (Å²) in [4.78, 5) is 2.42. The molecule has 1 nitrogen and oxygen atoms in total. The molecule has 1 heterocycles. The van der Waals surface area contributed by atoms with Crippen LogP contribution in [0.1, 0.15) is 20.3 Å². The SMILES string of the molecule is C[C@@H]1CCN(C)[C@H]1C. The minimum atomic E-state index is 0.815. The molecule has 0 radical (unpaired) electrons. The fourth-order valence-electron chi connectivity index (χ4n) is 1.29. The molecule has 2 atom stereocenters. The second-order valence-electron chi connectivity index (χ2n) is 2.99. The monoisotopic (exact) mass is 113 g/mol. The lowest BCUT2D eigenvalue weighted by molar-refractivity contribution is 0.301. The summed E-state index contributed by atoms with van der Waals surface area (Å²) in [6, 6.07) is 0.815. The van der Waals surface area contributed by atoms with Gasteiger partial charge in [0, 0.05) is 6.04 Å². The van der Waals surface area contributed by atoms with E-state index in [0.717, 1.165) is 12.0 Å². The number of hydrogen-bond acceptors (Lipinski definition) is 1. The molecule has 0 aromatic carbocycles. The van der Waals surface area contributed by atoms with Crippen molar-refractivity contribution >= 4 is 0 Å². The molecule has 0 amide bonds. The van der Waals surface area contributed by atoms with Gasteiger partial charge in [-0.2, -0.15) is 0 Å². The first-order valence-corrected chi connectivity index (χ1v) is 3.42. The van der Waals surface area contributed by atoms with E-state index >= 15 is 0 Å². The van der Waals surface area contributed by atoms with Gasteiger partial charge in [-0.15, -0.1) is 0 Å². The lowest BCUT2D eigenvalue weighted by Crippen LogP contribution is -2.24. The van der Waals surface area contributed by atoms with Crippen molar-refractivity contribution < 1.29 is 0 Å². The maximum atomic E-state index is 2.42. The van der Waals surface area contributed by atoms with Crippen LogP contribution in [0.2, 0.25) is 0 Å². The first kappa shape index (κ1) is 6.09. The first-order chi connectivity index (χ1) is 3.72. The molecular weight excluding hydrogens is 98.1 g/mol. The molecule has 1 rings (SSSR count). The molecule has 1 aliphatic heterocycles. The molecule has 8 heavy (non-hydrogen) atoms. The van der Waals surface area contributed by atoms with Crippen LogP contribution in [0.15, 0.2) is 0 Å². The highest BCUT2D eigenvalue weighted by Gasteiger charge is 2.23. The van der Waals surface area contributed by atoms with Gasteiger partial charge in [-0.05, 0) is 32.9 Å². The highest BCUT2D eigenvalue weighted by Crippen LogP contribution is 2.20. The summed E-state index contributed by atoms with van der Waals surface area (Å²) >= 11 is 0. The van der Waals surface area contributed by atoms with Crippen LogP contribution in [-0.4, -0.2) is 24.5 Å². The molecule has 0 N–H and O–H groups in total. The van der Waals surface area contributed by atoms with E-state index in [2.05, 4.69) is 25.8 Å². The normalized spacial score (nSPS) is 40.9. The first-order valence-electron chi connectivity index (χ1n) is 3.42. The van der Waals surface area contributed by atoms with Crippen LogP contribution in [0.25, 0.3) is 0 Å². The molecule has 0 saturated carbocycles. The summed E-state index contributed by atoms with van der Waals surface area (Å²) < 4.78 is 0. The zero-order valence-electron chi connectivity index (χ0n) is 6.02. The molecule has 1 heteroatoms. The third-order valence-corrected chi connectivity index (χ3v) is 2.46. The summed E-state index contributed by atoms with van der Waals surface area (Å²) in [5.41, 5.74) is 0. The van der Waals surface area contributed by atoms with E-state index in [1.54, 1.807) is 0 Å². The average molecular weight is 113 g/mol. The Hall–Kier alpha value is -0.0400. The lowest BCUT2D eigenvalue weighted by atomic mass is 10.1. The highest BCUT2D eigenvalue weighted by molar-refractivity contribution is 4.77. The highest BCUT2D eigenvalue weighted by atomic mass is 15.1. The van der Waals surface area contributed by atoms with Gasteiger partial charge in [0.15, 0.2) is 0 Å². The number of hydrogen-bond donors (Lipinski definition) is 0. The Kier molecular flexibility index (Phi) is 1.57. The summed E-state index contributed by atoms with van der Waals surface area (Å²) in [5, 5.41) is 0. The standard InChI is InChI=1S/C7H15N/c1-6-4-5-8(3)7(6)2/h6-7H,4-5H2,1-3H3/t6-,7+/m1/s1. The maximum absolute atomic E-state index is 2.42. The molecule has 1 saturated heterocycles. The predicted molar refractivity (Wildman–Crippen MR) is 35.9 cm³/mol. The Labute approximate surface area is 51.7 Å². The number of rotatable bonds is 0. The van der Waals surface area contributed by atoms with E-state index < -0.39 is 0 Å². The van der Waals surface area contributed by atoms with Crippen LogP contribution in [0.3, 0.4) is 0 Å². The van der Waals surface area contributed by atoms with Gasteiger partial charge in [0.1, 0.15) is 0 Å². The molecular formula is C7H15N. The van der Waals surface area contributed by atoms with Gasteiger partial charge in [-0.25, -0.2) is 0 Å². The van der Waals surface area contributed by atoms with E-state index in [4.69, 9.17) is 0 Å². The van der Waals surface area contributed by atoms with Gasteiger partial charge >= 0.3 is 0 Å². The van der Waals surface area contributed by atoms with Crippen molar-refractivity contribution in [2.75, 3.05) is 13.6 Å². The minimum absolute atomic E-state index is 0.815. The quantitative estimate of drug-likeness (QED) is 0.458. The number of nitrogens with zero attached hydrogens (tertiary/aromatic N) is 1. The second-order valence-corrected chi connectivity index (χ2v) is 2.99. The number of likely N-dealkylation sites (tertiary alicyclic amines) is 1. The molecule has 0 bridgehead atoms. The molecule has 0 unspecified atom stereocenters. The van der Waals surface area contributed by atoms with E-state index in [9.17, 15) is 0 Å². The van der Waals surface area contributed by atoms with Gasteiger partial charge in [-0.3, -0.25) is 0 Å². The predicted octanol–water partition coefficient (Wildman–Crippen LogP) is 1.35. The van der Waals surface area contributed by atoms with Crippen molar-refractivity contribution in [3.05, 3.63) is 0 Å². The molecule has 0 spiro atoms. The van der Waals surface area contributed by atoms with Crippen LogP contribution in [0.5, 0.6) is 0 Å². The topological polar surface area (TPSA) is 3.24 Å². The van der Waals surface area contributed by atoms with Gasteiger partial charge in [-0.1, -0.05) is 6.92 Å².